The Morgan fingerprint density at radius 1 is 1.11 bits per heavy atom. The molecule has 1 aromatic rings. The number of nitrogens with one attached hydrogen (secondary N) is 1. The van der Waals surface area contributed by atoms with Crippen molar-refractivity contribution < 1.29 is 0 Å². The molecule has 1 rings (SSSR count). The van der Waals surface area contributed by atoms with Gasteiger partial charge in [-0.15, -0.1) is 0 Å². The van der Waals surface area contributed by atoms with Crippen molar-refractivity contribution >= 4 is 5.69 Å². The van der Waals surface area contributed by atoms with Crippen molar-refractivity contribution in [3.63, 3.8) is 0 Å². The zero-order valence-corrected chi connectivity index (χ0v) is 13.3. The van der Waals surface area contributed by atoms with Crippen LogP contribution in [-0.2, 0) is 0 Å². The van der Waals surface area contributed by atoms with Crippen molar-refractivity contribution in [3.8, 4) is 0 Å². The summed E-state index contributed by atoms with van der Waals surface area (Å²) in [6.45, 7) is 15.6. The van der Waals surface area contributed by atoms with E-state index in [1.807, 2.05) is 0 Å². The average Bonchev–Trinajstić information content (AvgIpc) is 2.37. The van der Waals surface area contributed by atoms with Crippen LogP contribution >= 0.6 is 0 Å². The predicted octanol–water partition coefficient (Wildman–Crippen LogP) is 3.85. The molecule has 0 saturated carbocycles. The molecule has 0 atom stereocenters. The highest BCUT2D eigenvalue weighted by molar-refractivity contribution is 5.47. The highest BCUT2D eigenvalue weighted by Gasteiger charge is 2.21. The number of hydrogen-bond acceptors (Lipinski definition) is 2. The van der Waals surface area contributed by atoms with E-state index < -0.39 is 0 Å². The summed E-state index contributed by atoms with van der Waals surface area (Å²) in [5, 5.41) is 3.54. The Balaban J connectivity index is 2.62. The number of hydrogen-bond donors (Lipinski definition) is 1. The Morgan fingerprint density at radius 3 is 2.26 bits per heavy atom. The molecule has 0 fully saturated rings. The van der Waals surface area contributed by atoms with E-state index in [9.17, 15) is 0 Å². The summed E-state index contributed by atoms with van der Waals surface area (Å²) < 4.78 is 0. The second kappa shape index (κ2) is 7.54. The van der Waals surface area contributed by atoms with Gasteiger partial charge in [0.1, 0.15) is 0 Å². The first-order chi connectivity index (χ1) is 8.98. The van der Waals surface area contributed by atoms with Crippen LogP contribution in [0.4, 0.5) is 5.69 Å². The molecule has 0 aliphatic carbocycles. The summed E-state index contributed by atoms with van der Waals surface area (Å²) in [5.74, 6) is 0. The maximum absolute atomic E-state index is 3.54. The fourth-order valence-corrected chi connectivity index (χ4v) is 2.32. The summed E-state index contributed by atoms with van der Waals surface area (Å²) >= 11 is 0. The first-order valence-electron chi connectivity index (χ1n) is 7.51. The van der Waals surface area contributed by atoms with Gasteiger partial charge in [-0.2, -0.15) is 0 Å². The van der Waals surface area contributed by atoms with E-state index in [4.69, 9.17) is 0 Å². The zero-order valence-electron chi connectivity index (χ0n) is 13.3. The van der Waals surface area contributed by atoms with Gasteiger partial charge < -0.3 is 10.2 Å². The molecule has 19 heavy (non-hydrogen) atoms. The molecule has 0 aliphatic rings. The van der Waals surface area contributed by atoms with E-state index in [-0.39, 0.29) is 5.41 Å². The molecule has 0 aliphatic heterocycles. The van der Waals surface area contributed by atoms with E-state index in [1.54, 1.807) is 0 Å². The molecule has 0 unspecified atom stereocenters. The second-order valence-electron chi connectivity index (χ2n) is 6.19. The fourth-order valence-electron chi connectivity index (χ4n) is 2.32. The van der Waals surface area contributed by atoms with Crippen molar-refractivity contribution in [3.05, 3.63) is 29.8 Å². The Bertz CT molecular complexity index is 354. The van der Waals surface area contributed by atoms with Gasteiger partial charge in [0, 0.05) is 25.3 Å². The molecular weight excluding hydrogens is 232 g/mol. The minimum Gasteiger partial charge on any atom is -0.371 e. The molecule has 1 N–H and O–H groups in total. The maximum atomic E-state index is 3.54. The van der Waals surface area contributed by atoms with Crippen LogP contribution in [0.5, 0.6) is 0 Å². The molecule has 0 spiro atoms. The summed E-state index contributed by atoms with van der Waals surface area (Å²) in [5.41, 5.74) is 2.94. The lowest BCUT2D eigenvalue weighted by Gasteiger charge is -2.34. The van der Waals surface area contributed by atoms with Crippen LogP contribution in [0.1, 0.15) is 39.7 Å². The summed E-state index contributed by atoms with van der Waals surface area (Å²) in [6, 6.07) is 8.85. The molecule has 0 bridgehead atoms. The third-order valence-corrected chi connectivity index (χ3v) is 3.43. The largest absolute Gasteiger partial charge is 0.371 e. The second-order valence-corrected chi connectivity index (χ2v) is 6.19. The van der Waals surface area contributed by atoms with Crippen LogP contribution in [-0.4, -0.2) is 26.2 Å². The molecule has 2 heteroatoms. The summed E-state index contributed by atoms with van der Waals surface area (Å²) in [4.78, 5) is 2.47. The van der Waals surface area contributed by atoms with E-state index in [0.29, 0.717) is 0 Å². The van der Waals surface area contributed by atoms with Crippen molar-refractivity contribution in [1.82, 2.24) is 5.32 Å². The fraction of sp³-hybridized carbons (Fsp3) is 0.647. The van der Waals surface area contributed by atoms with Gasteiger partial charge in [-0.05, 0) is 44.4 Å². The lowest BCUT2D eigenvalue weighted by molar-refractivity contribution is 0.343. The lowest BCUT2D eigenvalue weighted by atomic mass is 9.92. The van der Waals surface area contributed by atoms with Gasteiger partial charge in [-0.1, -0.05) is 38.5 Å². The minimum atomic E-state index is 0.288. The molecule has 0 saturated heterocycles. The highest BCUT2D eigenvalue weighted by Crippen LogP contribution is 2.22. The molecule has 2 nitrogen and oxygen atoms in total. The smallest absolute Gasteiger partial charge is 0.0366 e. The van der Waals surface area contributed by atoms with Gasteiger partial charge in [0.25, 0.3) is 0 Å². The number of anilines is 1. The number of aryl methyl sites for hydroxylation is 1. The summed E-state index contributed by atoms with van der Waals surface area (Å²) in [7, 11) is 0. The Kier molecular flexibility index (Phi) is 6.36. The Hall–Kier alpha value is -1.02. The normalized spacial score (nSPS) is 11.6. The van der Waals surface area contributed by atoms with Crippen LogP contribution in [0, 0.1) is 12.3 Å². The zero-order chi connectivity index (χ0) is 14.3. The van der Waals surface area contributed by atoms with Crippen LogP contribution in [0.3, 0.4) is 0 Å². The third kappa shape index (κ3) is 5.65. The van der Waals surface area contributed by atoms with Crippen molar-refractivity contribution in [2.24, 2.45) is 5.41 Å². The lowest BCUT2D eigenvalue weighted by Crippen LogP contribution is -2.40. The topological polar surface area (TPSA) is 15.3 Å². The molecule has 0 amide bonds. The Morgan fingerprint density at radius 2 is 1.74 bits per heavy atom. The van der Waals surface area contributed by atoms with Gasteiger partial charge in [-0.25, -0.2) is 0 Å². The van der Waals surface area contributed by atoms with E-state index in [0.717, 1.165) is 26.2 Å². The molecule has 0 aromatic heterocycles. The highest BCUT2D eigenvalue weighted by atomic mass is 15.1. The standard InChI is InChI=1S/C17H30N2/c1-6-12-18-13-17(4,5)14-19(7-2)16-10-8-15(3)9-11-16/h8-11,18H,6-7,12-14H2,1-5H3. The van der Waals surface area contributed by atoms with Crippen molar-refractivity contribution in [2.75, 3.05) is 31.1 Å². The molecule has 0 radical (unpaired) electrons. The summed E-state index contributed by atoms with van der Waals surface area (Å²) in [6.07, 6.45) is 1.20. The molecule has 0 heterocycles. The number of rotatable bonds is 8. The molecular formula is C17H30N2. The van der Waals surface area contributed by atoms with Gasteiger partial charge in [-0.3, -0.25) is 0 Å². The van der Waals surface area contributed by atoms with Crippen LogP contribution < -0.4 is 10.2 Å². The van der Waals surface area contributed by atoms with Crippen LogP contribution in [0.15, 0.2) is 24.3 Å². The van der Waals surface area contributed by atoms with Gasteiger partial charge in [0.05, 0.1) is 0 Å². The van der Waals surface area contributed by atoms with Gasteiger partial charge in [0.2, 0.25) is 0 Å². The monoisotopic (exact) mass is 262 g/mol. The quantitative estimate of drug-likeness (QED) is 0.716. The number of nitrogens with zero attached hydrogens (tertiary/aromatic N) is 1. The van der Waals surface area contributed by atoms with Gasteiger partial charge >= 0.3 is 0 Å². The van der Waals surface area contributed by atoms with Crippen molar-refractivity contribution in [2.45, 2.75) is 41.0 Å². The maximum Gasteiger partial charge on any atom is 0.0366 e. The third-order valence-electron chi connectivity index (χ3n) is 3.43. The van der Waals surface area contributed by atoms with Crippen molar-refractivity contribution in [1.29, 1.82) is 0 Å². The molecule has 1 aromatic carbocycles. The number of benzene rings is 1. The molecule has 108 valence electrons. The Labute approximate surface area is 119 Å². The van der Waals surface area contributed by atoms with E-state index in [2.05, 4.69) is 69.1 Å². The predicted molar refractivity (Wildman–Crippen MR) is 86.0 cm³/mol. The first-order valence-corrected chi connectivity index (χ1v) is 7.51. The minimum absolute atomic E-state index is 0.288. The van der Waals surface area contributed by atoms with Crippen LogP contribution in [0.2, 0.25) is 0 Å². The van der Waals surface area contributed by atoms with Crippen LogP contribution in [0.25, 0.3) is 0 Å². The SMILES string of the molecule is CCCNCC(C)(C)CN(CC)c1ccc(C)cc1. The van der Waals surface area contributed by atoms with E-state index >= 15 is 0 Å². The average molecular weight is 262 g/mol. The van der Waals surface area contributed by atoms with E-state index in [1.165, 1.54) is 17.7 Å². The van der Waals surface area contributed by atoms with Gasteiger partial charge in [0.15, 0.2) is 0 Å². The first kappa shape index (κ1) is 16.0.